The topological polar surface area (TPSA) is 112 Å². The van der Waals surface area contributed by atoms with Gasteiger partial charge in [-0.3, -0.25) is 14.9 Å². The number of benzene rings is 1. The molecule has 9 heteroatoms. The quantitative estimate of drug-likeness (QED) is 0.338. The van der Waals surface area contributed by atoms with Gasteiger partial charge in [0.15, 0.2) is 10.8 Å². The number of esters is 1. The van der Waals surface area contributed by atoms with Gasteiger partial charge in [0.25, 0.3) is 11.6 Å². The van der Waals surface area contributed by atoms with Crippen molar-refractivity contribution >= 4 is 45.3 Å². The first kappa shape index (κ1) is 18.4. The molecular formula is C16H13BrN2O6. The number of ether oxygens (including phenoxy) is 1. The number of hydrogen-bond donors (Lipinski definition) is 1. The van der Waals surface area contributed by atoms with Crippen LogP contribution in [-0.2, 0) is 14.3 Å². The minimum absolute atomic E-state index is 0.0244. The number of nitrogens with one attached hydrogen (secondary N) is 1. The van der Waals surface area contributed by atoms with Crippen LogP contribution in [-0.4, -0.2) is 22.9 Å². The molecule has 2 rings (SSSR count). The Bertz CT molecular complexity index is 830. The van der Waals surface area contributed by atoms with Crippen LogP contribution in [0, 0.1) is 10.1 Å². The van der Waals surface area contributed by atoms with Crippen molar-refractivity contribution in [3.8, 4) is 0 Å². The van der Waals surface area contributed by atoms with Gasteiger partial charge in [0.2, 0.25) is 0 Å². The number of nitro groups is 1. The van der Waals surface area contributed by atoms with Crippen LogP contribution >= 0.6 is 15.9 Å². The van der Waals surface area contributed by atoms with Gasteiger partial charge in [-0.25, -0.2) is 4.79 Å². The molecule has 0 aliphatic rings. The number of halogens is 1. The van der Waals surface area contributed by atoms with Gasteiger partial charge >= 0.3 is 5.97 Å². The van der Waals surface area contributed by atoms with Crippen LogP contribution in [0.2, 0.25) is 0 Å². The Hall–Kier alpha value is -2.94. The van der Waals surface area contributed by atoms with Crippen molar-refractivity contribution in [1.82, 2.24) is 0 Å². The van der Waals surface area contributed by atoms with Crippen LogP contribution in [0.15, 0.2) is 51.6 Å². The van der Waals surface area contributed by atoms with Crippen LogP contribution in [0.5, 0.6) is 0 Å². The molecule has 1 N–H and O–H groups in total. The molecule has 130 valence electrons. The van der Waals surface area contributed by atoms with E-state index in [0.29, 0.717) is 10.4 Å². The molecule has 1 aromatic carbocycles. The lowest BCUT2D eigenvalue weighted by Gasteiger charge is -2.12. The van der Waals surface area contributed by atoms with E-state index >= 15 is 0 Å². The molecule has 0 aliphatic heterocycles. The van der Waals surface area contributed by atoms with Crippen molar-refractivity contribution in [3.05, 3.63) is 63.0 Å². The van der Waals surface area contributed by atoms with E-state index in [9.17, 15) is 19.7 Å². The minimum Gasteiger partial charge on any atom is -0.450 e. The highest BCUT2D eigenvalue weighted by molar-refractivity contribution is 9.10. The van der Waals surface area contributed by atoms with Crippen molar-refractivity contribution in [2.24, 2.45) is 0 Å². The highest BCUT2D eigenvalue weighted by Crippen LogP contribution is 2.23. The summed E-state index contributed by atoms with van der Waals surface area (Å²) in [6.45, 7) is 1.36. The lowest BCUT2D eigenvalue weighted by molar-refractivity contribution is -0.383. The Morgan fingerprint density at radius 2 is 2.04 bits per heavy atom. The summed E-state index contributed by atoms with van der Waals surface area (Å²) in [7, 11) is 0. The van der Waals surface area contributed by atoms with E-state index in [1.165, 1.54) is 31.2 Å². The number of nitro benzene ring substituents is 1. The molecule has 0 fully saturated rings. The molecular weight excluding hydrogens is 396 g/mol. The zero-order valence-electron chi connectivity index (χ0n) is 13.0. The second kappa shape index (κ2) is 8.25. The molecule has 2 aromatic rings. The fourth-order valence-electron chi connectivity index (χ4n) is 1.81. The predicted molar refractivity (Wildman–Crippen MR) is 92.7 cm³/mol. The number of para-hydroxylation sites is 2. The number of amides is 1. The fraction of sp³-hybridized carbons (Fsp3) is 0.125. The Balaban J connectivity index is 1.95. The second-order valence-corrected chi connectivity index (χ2v) is 5.60. The number of rotatable bonds is 6. The first-order chi connectivity index (χ1) is 11.9. The molecule has 1 amide bonds. The summed E-state index contributed by atoms with van der Waals surface area (Å²) < 4.78 is 10.6. The van der Waals surface area contributed by atoms with Gasteiger partial charge in [0.05, 0.1) is 4.92 Å². The zero-order chi connectivity index (χ0) is 18.4. The van der Waals surface area contributed by atoms with Gasteiger partial charge in [-0.05, 0) is 47.1 Å². The largest absolute Gasteiger partial charge is 0.450 e. The number of furan rings is 1. The van der Waals surface area contributed by atoms with Crippen molar-refractivity contribution in [2.45, 2.75) is 13.0 Å². The SMILES string of the molecule is CC(OC(=O)/C=C/c1ccc(Br)o1)C(=O)Nc1ccccc1[N+](=O)[O-]. The van der Waals surface area contributed by atoms with Gasteiger partial charge in [-0.2, -0.15) is 0 Å². The average molecular weight is 409 g/mol. The van der Waals surface area contributed by atoms with Crippen molar-refractivity contribution in [3.63, 3.8) is 0 Å². The second-order valence-electron chi connectivity index (χ2n) is 4.82. The highest BCUT2D eigenvalue weighted by atomic mass is 79.9. The van der Waals surface area contributed by atoms with E-state index in [0.717, 1.165) is 6.08 Å². The molecule has 0 spiro atoms. The van der Waals surface area contributed by atoms with Crippen LogP contribution in [0.25, 0.3) is 6.08 Å². The zero-order valence-corrected chi connectivity index (χ0v) is 14.6. The van der Waals surface area contributed by atoms with E-state index in [4.69, 9.17) is 9.15 Å². The smallest absolute Gasteiger partial charge is 0.331 e. The number of carbonyl (C=O) groups excluding carboxylic acids is 2. The molecule has 0 bridgehead atoms. The number of carbonyl (C=O) groups is 2. The Morgan fingerprint density at radius 3 is 2.68 bits per heavy atom. The third-order valence-electron chi connectivity index (χ3n) is 3.00. The van der Waals surface area contributed by atoms with Crippen molar-refractivity contribution in [1.29, 1.82) is 0 Å². The lowest BCUT2D eigenvalue weighted by atomic mass is 10.2. The molecule has 25 heavy (non-hydrogen) atoms. The summed E-state index contributed by atoms with van der Waals surface area (Å²) in [4.78, 5) is 34.1. The maximum Gasteiger partial charge on any atom is 0.331 e. The number of nitrogens with zero attached hydrogens (tertiary/aromatic N) is 1. The lowest BCUT2D eigenvalue weighted by Crippen LogP contribution is -2.29. The molecule has 8 nitrogen and oxygen atoms in total. The summed E-state index contributed by atoms with van der Waals surface area (Å²) in [6.07, 6.45) is 1.36. The van der Waals surface area contributed by atoms with Crippen LogP contribution < -0.4 is 5.32 Å². The normalized spacial score (nSPS) is 11.9. The summed E-state index contributed by atoms with van der Waals surface area (Å²) in [5.74, 6) is -1.00. The monoisotopic (exact) mass is 408 g/mol. The van der Waals surface area contributed by atoms with Gasteiger partial charge in [0, 0.05) is 12.1 Å². The molecule has 0 saturated heterocycles. The maximum atomic E-state index is 12.0. The predicted octanol–water partition coefficient (Wildman–Crippen LogP) is 3.53. The summed E-state index contributed by atoms with van der Waals surface area (Å²) in [5, 5.41) is 13.3. The highest BCUT2D eigenvalue weighted by Gasteiger charge is 2.20. The molecule has 1 heterocycles. The average Bonchev–Trinajstić information content (AvgIpc) is 2.98. The number of anilines is 1. The third-order valence-corrected chi connectivity index (χ3v) is 3.42. The van der Waals surface area contributed by atoms with Crippen LogP contribution in [0.4, 0.5) is 11.4 Å². The summed E-state index contributed by atoms with van der Waals surface area (Å²) in [6, 6.07) is 8.97. The van der Waals surface area contributed by atoms with E-state index in [1.807, 2.05) is 0 Å². The van der Waals surface area contributed by atoms with E-state index in [2.05, 4.69) is 21.2 Å². The molecule has 0 radical (unpaired) electrons. The minimum atomic E-state index is -1.14. The molecule has 0 aliphatic carbocycles. The Morgan fingerprint density at radius 1 is 1.32 bits per heavy atom. The van der Waals surface area contributed by atoms with Crippen molar-refractivity contribution < 1.29 is 23.7 Å². The van der Waals surface area contributed by atoms with Gasteiger partial charge in [-0.15, -0.1) is 0 Å². The standard InChI is InChI=1S/C16H13BrN2O6/c1-10(24-15(20)9-7-11-6-8-14(17)25-11)16(21)18-12-4-2-3-5-13(12)19(22)23/h2-10H,1H3,(H,18,21)/b9-7+. The van der Waals surface area contributed by atoms with E-state index in [1.54, 1.807) is 18.2 Å². The van der Waals surface area contributed by atoms with E-state index < -0.39 is 22.9 Å². The Kier molecular flexibility index (Phi) is 6.07. The summed E-state index contributed by atoms with van der Waals surface area (Å²) in [5.41, 5.74) is -0.228. The van der Waals surface area contributed by atoms with Crippen molar-refractivity contribution in [2.75, 3.05) is 5.32 Å². The van der Waals surface area contributed by atoms with E-state index in [-0.39, 0.29) is 11.4 Å². The fourth-order valence-corrected chi connectivity index (χ4v) is 2.13. The van der Waals surface area contributed by atoms with Crippen LogP contribution in [0.1, 0.15) is 12.7 Å². The molecule has 1 aromatic heterocycles. The van der Waals surface area contributed by atoms with Gasteiger partial charge < -0.3 is 14.5 Å². The molecule has 1 atom stereocenters. The Labute approximate surface area is 150 Å². The summed E-state index contributed by atoms with van der Waals surface area (Å²) >= 11 is 3.13. The molecule has 1 unspecified atom stereocenters. The third kappa shape index (κ3) is 5.28. The van der Waals surface area contributed by atoms with Gasteiger partial charge in [0.1, 0.15) is 11.4 Å². The first-order valence-corrected chi connectivity index (χ1v) is 7.84. The maximum absolute atomic E-state index is 12.0. The first-order valence-electron chi connectivity index (χ1n) is 7.05. The van der Waals surface area contributed by atoms with Gasteiger partial charge in [-0.1, -0.05) is 12.1 Å². The van der Waals surface area contributed by atoms with Crippen LogP contribution in [0.3, 0.4) is 0 Å². The molecule has 0 saturated carbocycles. The number of hydrogen-bond acceptors (Lipinski definition) is 6.